The number of piperidine rings is 1. The summed E-state index contributed by atoms with van der Waals surface area (Å²) >= 11 is 0. The fraction of sp³-hybridized carbons (Fsp3) is 1.00. The normalized spacial score (nSPS) is 24.9. The Balaban J connectivity index is 2.05. The summed E-state index contributed by atoms with van der Waals surface area (Å²) in [7, 11) is 2.24. The molecule has 1 atom stereocenters. The van der Waals surface area contributed by atoms with Gasteiger partial charge in [0.25, 0.3) is 0 Å². The van der Waals surface area contributed by atoms with E-state index in [4.69, 9.17) is 5.73 Å². The second-order valence-electron chi connectivity index (χ2n) is 3.96. The molecule has 3 nitrogen and oxygen atoms in total. The van der Waals surface area contributed by atoms with E-state index in [-0.39, 0.29) is 0 Å². The predicted octanol–water partition coefficient (Wildman–Crippen LogP) is 0.409. The summed E-state index contributed by atoms with van der Waals surface area (Å²) in [4.78, 5) is 2.49. The van der Waals surface area contributed by atoms with Gasteiger partial charge < -0.3 is 16.0 Å². The third kappa shape index (κ3) is 4.07. The van der Waals surface area contributed by atoms with E-state index in [0.29, 0.717) is 0 Å². The molecule has 78 valence electrons. The molecule has 1 rings (SSSR count). The highest BCUT2D eigenvalue weighted by molar-refractivity contribution is 4.74. The van der Waals surface area contributed by atoms with Crippen LogP contribution in [0.3, 0.4) is 0 Å². The minimum Gasteiger partial charge on any atom is -0.329 e. The average molecular weight is 185 g/mol. The van der Waals surface area contributed by atoms with Crippen molar-refractivity contribution in [3.05, 3.63) is 0 Å². The number of likely N-dealkylation sites (tertiary alicyclic amines) is 1. The Hall–Kier alpha value is -0.120. The maximum Gasteiger partial charge on any atom is 0.0104 e. The van der Waals surface area contributed by atoms with Gasteiger partial charge in [-0.15, -0.1) is 0 Å². The van der Waals surface area contributed by atoms with Crippen LogP contribution in [0.25, 0.3) is 0 Å². The van der Waals surface area contributed by atoms with Gasteiger partial charge in [0.2, 0.25) is 0 Å². The molecular weight excluding hydrogens is 162 g/mol. The Morgan fingerprint density at radius 2 is 2.23 bits per heavy atom. The van der Waals surface area contributed by atoms with Crippen LogP contribution in [-0.2, 0) is 0 Å². The van der Waals surface area contributed by atoms with Crippen LogP contribution in [-0.4, -0.2) is 44.2 Å². The lowest BCUT2D eigenvalue weighted by Gasteiger charge is -2.32. The summed E-state index contributed by atoms with van der Waals surface area (Å²) in [5.41, 5.74) is 5.40. The quantitative estimate of drug-likeness (QED) is 0.610. The Morgan fingerprint density at radius 3 is 2.92 bits per heavy atom. The zero-order valence-corrected chi connectivity index (χ0v) is 8.76. The summed E-state index contributed by atoms with van der Waals surface area (Å²) < 4.78 is 0. The molecule has 0 bridgehead atoms. The van der Waals surface area contributed by atoms with Gasteiger partial charge in [0.15, 0.2) is 0 Å². The van der Waals surface area contributed by atoms with Crippen molar-refractivity contribution in [3.63, 3.8) is 0 Å². The highest BCUT2D eigenvalue weighted by atomic mass is 15.1. The number of nitrogens with two attached hydrogens (primary N) is 1. The molecule has 0 radical (unpaired) electrons. The number of nitrogens with zero attached hydrogens (tertiary/aromatic N) is 1. The maximum absolute atomic E-state index is 5.40. The summed E-state index contributed by atoms with van der Waals surface area (Å²) in [6.45, 7) is 4.10. The third-order valence-corrected chi connectivity index (χ3v) is 2.90. The second-order valence-corrected chi connectivity index (χ2v) is 3.96. The van der Waals surface area contributed by atoms with E-state index in [9.17, 15) is 0 Å². The Labute approximate surface area is 81.7 Å². The molecule has 1 fully saturated rings. The highest BCUT2D eigenvalue weighted by Crippen LogP contribution is 2.16. The van der Waals surface area contributed by atoms with Crippen molar-refractivity contribution in [2.75, 3.05) is 33.2 Å². The summed E-state index contributed by atoms with van der Waals surface area (Å²) in [6.07, 6.45) is 5.44. The van der Waals surface area contributed by atoms with Crippen LogP contribution >= 0.6 is 0 Å². The second kappa shape index (κ2) is 6.35. The van der Waals surface area contributed by atoms with E-state index in [2.05, 4.69) is 17.3 Å². The smallest absolute Gasteiger partial charge is 0.0104 e. The minimum atomic E-state index is 0.751. The third-order valence-electron chi connectivity index (χ3n) is 2.90. The van der Waals surface area contributed by atoms with Crippen LogP contribution in [0.4, 0.5) is 0 Å². The highest BCUT2D eigenvalue weighted by Gasteiger charge is 2.17. The van der Waals surface area contributed by atoms with Crippen molar-refractivity contribution in [3.8, 4) is 0 Å². The molecule has 0 saturated carbocycles. The first-order valence-corrected chi connectivity index (χ1v) is 5.45. The monoisotopic (exact) mass is 185 g/mol. The zero-order valence-electron chi connectivity index (χ0n) is 8.76. The summed E-state index contributed by atoms with van der Waals surface area (Å²) in [5, 5.41) is 3.35. The average Bonchev–Trinajstić information content (AvgIpc) is 2.15. The molecule has 1 unspecified atom stereocenters. The molecule has 0 amide bonds. The zero-order chi connectivity index (χ0) is 9.52. The molecule has 0 aromatic carbocycles. The van der Waals surface area contributed by atoms with Gasteiger partial charge in [-0.25, -0.2) is 0 Å². The number of hydrogen-bond acceptors (Lipinski definition) is 3. The van der Waals surface area contributed by atoms with Crippen LogP contribution in [0, 0.1) is 0 Å². The van der Waals surface area contributed by atoms with Gasteiger partial charge in [0.1, 0.15) is 0 Å². The van der Waals surface area contributed by atoms with Crippen LogP contribution < -0.4 is 11.1 Å². The minimum absolute atomic E-state index is 0.751. The standard InChI is InChI=1S/C10H23N3/c1-13-9-3-2-4-10(13)5-7-12-8-6-11/h10,12H,2-9,11H2,1H3. The van der Waals surface area contributed by atoms with Crippen molar-refractivity contribution < 1.29 is 0 Å². The number of nitrogens with one attached hydrogen (secondary N) is 1. The van der Waals surface area contributed by atoms with Crippen molar-refractivity contribution in [1.29, 1.82) is 0 Å². The molecule has 13 heavy (non-hydrogen) atoms. The van der Waals surface area contributed by atoms with E-state index in [1.807, 2.05) is 0 Å². The van der Waals surface area contributed by atoms with Gasteiger partial charge >= 0.3 is 0 Å². The number of rotatable bonds is 5. The molecule has 0 aromatic heterocycles. The van der Waals surface area contributed by atoms with E-state index in [1.165, 1.54) is 32.2 Å². The molecule has 1 aliphatic rings. The Kier molecular flexibility index (Phi) is 5.35. The maximum atomic E-state index is 5.40. The fourth-order valence-corrected chi connectivity index (χ4v) is 2.00. The first-order chi connectivity index (χ1) is 6.34. The predicted molar refractivity (Wildman–Crippen MR) is 56.8 cm³/mol. The number of hydrogen-bond donors (Lipinski definition) is 2. The van der Waals surface area contributed by atoms with Crippen molar-refractivity contribution in [2.45, 2.75) is 31.7 Å². The van der Waals surface area contributed by atoms with Crippen molar-refractivity contribution in [1.82, 2.24) is 10.2 Å². The van der Waals surface area contributed by atoms with Crippen LogP contribution in [0.1, 0.15) is 25.7 Å². The molecule has 3 N–H and O–H groups in total. The summed E-state index contributed by atoms with van der Waals surface area (Å²) in [6, 6.07) is 0.805. The molecule has 1 aliphatic heterocycles. The summed E-state index contributed by atoms with van der Waals surface area (Å²) in [5.74, 6) is 0. The molecular formula is C10H23N3. The topological polar surface area (TPSA) is 41.3 Å². The molecule has 0 aliphatic carbocycles. The van der Waals surface area contributed by atoms with Crippen molar-refractivity contribution in [2.24, 2.45) is 5.73 Å². The van der Waals surface area contributed by atoms with Gasteiger partial charge in [-0.1, -0.05) is 6.42 Å². The largest absolute Gasteiger partial charge is 0.329 e. The molecule has 3 heteroatoms. The van der Waals surface area contributed by atoms with Crippen LogP contribution in [0.5, 0.6) is 0 Å². The Morgan fingerprint density at radius 1 is 1.38 bits per heavy atom. The first-order valence-electron chi connectivity index (χ1n) is 5.45. The lowest BCUT2D eigenvalue weighted by Crippen LogP contribution is -2.38. The lowest BCUT2D eigenvalue weighted by molar-refractivity contribution is 0.176. The van der Waals surface area contributed by atoms with E-state index in [0.717, 1.165) is 25.7 Å². The van der Waals surface area contributed by atoms with Gasteiger partial charge in [-0.05, 0) is 39.4 Å². The van der Waals surface area contributed by atoms with Gasteiger partial charge in [0, 0.05) is 19.1 Å². The van der Waals surface area contributed by atoms with Crippen molar-refractivity contribution >= 4 is 0 Å². The molecule has 0 aromatic rings. The lowest BCUT2D eigenvalue weighted by atomic mass is 10.0. The van der Waals surface area contributed by atoms with Crippen LogP contribution in [0.2, 0.25) is 0 Å². The van der Waals surface area contributed by atoms with Gasteiger partial charge in [-0.3, -0.25) is 0 Å². The Bertz CT molecular complexity index is 127. The first kappa shape index (κ1) is 11.0. The van der Waals surface area contributed by atoms with Gasteiger partial charge in [0.05, 0.1) is 0 Å². The molecule has 0 spiro atoms. The van der Waals surface area contributed by atoms with Crippen LogP contribution in [0.15, 0.2) is 0 Å². The van der Waals surface area contributed by atoms with E-state index >= 15 is 0 Å². The van der Waals surface area contributed by atoms with E-state index in [1.54, 1.807) is 0 Å². The molecule has 1 heterocycles. The van der Waals surface area contributed by atoms with E-state index < -0.39 is 0 Å². The fourth-order valence-electron chi connectivity index (χ4n) is 2.00. The molecule has 1 saturated heterocycles. The van der Waals surface area contributed by atoms with Gasteiger partial charge in [-0.2, -0.15) is 0 Å². The SMILES string of the molecule is CN1CCCCC1CCNCCN.